The maximum atomic E-state index is 13.1. The smallest absolute Gasteiger partial charge is 0.240 e. The van der Waals surface area contributed by atoms with Crippen LogP contribution in [0.5, 0.6) is 5.88 Å². The molecule has 0 amide bonds. The van der Waals surface area contributed by atoms with Gasteiger partial charge in [0.15, 0.2) is 0 Å². The second-order valence-corrected chi connectivity index (χ2v) is 6.95. The molecule has 0 spiro atoms. The van der Waals surface area contributed by atoms with Gasteiger partial charge in [-0.25, -0.2) is 9.37 Å². The third-order valence-electron chi connectivity index (χ3n) is 4.53. The SMILES string of the molecule is Cc1c(C)n(CC(C)C)c2c(OCc3ccc(F)cc3)nc(C#N)cc12. The molecule has 0 bridgehead atoms. The Balaban J connectivity index is 2.08. The first-order valence-electron chi connectivity index (χ1n) is 8.68. The van der Waals surface area contributed by atoms with Gasteiger partial charge >= 0.3 is 0 Å². The fourth-order valence-corrected chi connectivity index (χ4v) is 3.11. The van der Waals surface area contributed by atoms with Crippen LogP contribution in [0, 0.1) is 36.9 Å². The Hall–Kier alpha value is -2.87. The molecule has 2 heterocycles. The van der Waals surface area contributed by atoms with E-state index in [0.717, 1.165) is 34.3 Å². The van der Waals surface area contributed by atoms with Crippen LogP contribution in [-0.4, -0.2) is 9.55 Å². The second kappa shape index (κ2) is 7.17. The monoisotopic (exact) mass is 351 g/mol. The van der Waals surface area contributed by atoms with Crippen molar-refractivity contribution < 1.29 is 9.13 Å². The highest BCUT2D eigenvalue weighted by molar-refractivity contribution is 5.89. The Morgan fingerprint density at radius 1 is 1.23 bits per heavy atom. The van der Waals surface area contributed by atoms with Crippen molar-refractivity contribution in [3.63, 3.8) is 0 Å². The molecule has 0 saturated heterocycles. The highest BCUT2D eigenvalue weighted by Crippen LogP contribution is 2.33. The molecule has 26 heavy (non-hydrogen) atoms. The Bertz CT molecular complexity index is 981. The molecule has 5 heteroatoms. The predicted molar refractivity (Wildman–Crippen MR) is 99.5 cm³/mol. The number of halogens is 1. The summed E-state index contributed by atoms with van der Waals surface area (Å²) in [5, 5.41) is 10.3. The van der Waals surface area contributed by atoms with Gasteiger partial charge in [-0.1, -0.05) is 26.0 Å². The van der Waals surface area contributed by atoms with Gasteiger partial charge in [0.05, 0.1) is 0 Å². The van der Waals surface area contributed by atoms with Gasteiger partial charge < -0.3 is 9.30 Å². The van der Waals surface area contributed by atoms with Gasteiger partial charge in [0.25, 0.3) is 0 Å². The third kappa shape index (κ3) is 3.41. The standard InChI is InChI=1S/C21H22FN3O/c1-13(2)11-25-15(4)14(3)19-9-18(10-23)24-21(20(19)25)26-12-16-5-7-17(22)8-6-16/h5-9,13H,11-12H2,1-4H3. The van der Waals surface area contributed by atoms with E-state index in [1.54, 1.807) is 12.1 Å². The maximum Gasteiger partial charge on any atom is 0.240 e. The van der Waals surface area contributed by atoms with Crippen molar-refractivity contribution in [3.8, 4) is 11.9 Å². The number of hydrogen-bond donors (Lipinski definition) is 0. The van der Waals surface area contributed by atoms with E-state index in [0.29, 0.717) is 17.5 Å². The Morgan fingerprint density at radius 3 is 2.54 bits per heavy atom. The molecule has 0 aliphatic rings. The number of pyridine rings is 1. The van der Waals surface area contributed by atoms with Crippen molar-refractivity contribution in [2.75, 3.05) is 0 Å². The third-order valence-corrected chi connectivity index (χ3v) is 4.53. The molecule has 3 aromatic rings. The molecule has 134 valence electrons. The van der Waals surface area contributed by atoms with Crippen LogP contribution in [0.25, 0.3) is 10.9 Å². The van der Waals surface area contributed by atoms with Crippen LogP contribution in [0.3, 0.4) is 0 Å². The van der Waals surface area contributed by atoms with Crippen LogP contribution in [0.2, 0.25) is 0 Å². The maximum absolute atomic E-state index is 13.1. The molecule has 0 N–H and O–H groups in total. The lowest BCUT2D eigenvalue weighted by Gasteiger charge is -2.14. The zero-order valence-corrected chi connectivity index (χ0v) is 15.5. The summed E-state index contributed by atoms with van der Waals surface area (Å²) >= 11 is 0. The molecular weight excluding hydrogens is 329 g/mol. The molecule has 2 aromatic heterocycles. The van der Waals surface area contributed by atoms with Crippen molar-refractivity contribution in [3.05, 3.63) is 58.7 Å². The van der Waals surface area contributed by atoms with E-state index in [2.05, 4.69) is 43.3 Å². The lowest BCUT2D eigenvalue weighted by molar-refractivity contribution is 0.295. The largest absolute Gasteiger partial charge is 0.471 e. The summed E-state index contributed by atoms with van der Waals surface area (Å²) in [6.07, 6.45) is 0. The first-order chi connectivity index (χ1) is 12.4. The topological polar surface area (TPSA) is 50.8 Å². The van der Waals surface area contributed by atoms with E-state index in [1.807, 2.05) is 6.07 Å². The number of aryl methyl sites for hydroxylation is 1. The number of nitrogens with zero attached hydrogens (tertiary/aromatic N) is 3. The van der Waals surface area contributed by atoms with E-state index in [4.69, 9.17) is 4.74 Å². The number of rotatable bonds is 5. The summed E-state index contributed by atoms with van der Waals surface area (Å²) in [6, 6.07) is 10.1. The quantitative estimate of drug-likeness (QED) is 0.657. The summed E-state index contributed by atoms with van der Waals surface area (Å²) in [5.41, 5.74) is 4.37. The number of fused-ring (bicyclic) bond motifs is 1. The first kappa shape index (κ1) is 17.9. The van der Waals surface area contributed by atoms with E-state index < -0.39 is 0 Å². The van der Waals surface area contributed by atoms with Gasteiger partial charge in [0.1, 0.15) is 29.7 Å². The zero-order valence-electron chi connectivity index (χ0n) is 15.5. The van der Waals surface area contributed by atoms with Crippen molar-refractivity contribution in [1.29, 1.82) is 5.26 Å². The van der Waals surface area contributed by atoms with E-state index in [9.17, 15) is 9.65 Å². The van der Waals surface area contributed by atoms with Crippen molar-refractivity contribution in [1.82, 2.24) is 9.55 Å². The van der Waals surface area contributed by atoms with Gasteiger partial charge in [0, 0.05) is 17.6 Å². The molecule has 0 saturated carbocycles. The highest BCUT2D eigenvalue weighted by atomic mass is 19.1. The number of hydrogen-bond acceptors (Lipinski definition) is 3. The minimum Gasteiger partial charge on any atom is -0.471 e. The zero-order chi connectivity index (χ0) is 18.8. The van der Waals surface area contributed by atoms with Gasteiger partial charge in [-0.2, -0.15) is 5.26 Å². The fraction of sp³-hybridized carbons (Fsp3) is 0.333. The molecule has 1 aromatic carbocycles. The average molecular weight is 351 g/mol. The van der Waals surface area contributed by atoms with E-state index >= 15 is 0 Å². The van der Waals surface area contributed by atoms with Crippen molar-refractivity contribution in [2.45, 2.75) is 40.8 Å². The Morgan fingerprint density at radius 2 is 1.92 bits per heavy atom. The predicted octanol–water partition coefficient (Wildman–Crippen LogP) is 4.90. The molecule has 0 unspecified atom stereocenters. The summed E-state index contributed by atoms with van der Waals surface area (Å²) in [6.45, 7) is 9.57. The fourth-order valence-electron chi connectivity index (χ4n) is 3.11. The summed E-state index contributed by atoms with van der Waals surface area (Å²) in [7, 11) is 0. The lowest BCUT2D eigenvalue weighted by Crippen LogP contribution is -2.08. The minimum absolute atomic E-state index is 0.266. The lowest BCUT2D eigenvalue weighted by atomic mass is 10.1. The first-order valence-corrected chi connectivity index (χ1v) is 8.68. The molecular formula is C21H22FN3O. The van der Waals surface area contributed by atoms with Crippen LogP contribution >= 0.6 is 0 Å². The molecule has 3 rings (SSSR count). The highest BCUT2D eigenvalue weighted by Gasteiger charge is 2.19. The van der Waals surface area contributed by atoms with Gasteiger partial charge in [-0.3, -0.25) is 0 Å². The van der Waals surface area contributed by atoms with Gasteiger partial charge in [-0.05, 0) is 49.1 Å². The normalized spacial score (nSPS) is 11.1. The van der Waals surface area contributed by atoms with Crippen molar-refractivity contribution >= 4 is 10.9 Å². The second-order valence-electron chi connectivity index (χ2n) is 6.95. The number of benzene rings is 1. The summed E-state index contributed by atoms with van der Waals surface area (Å²) < 4.78 is 21.3. The summed E-state index contributed by atoms with van der Waals surface area (Å²) in [4.78, 5) is 4.40. The van der Waals surface area contributed by atoms with Crippen LogP contribution in [-0.2, 0) is 13.2 Å². The average Bonchev–Trinajstić information content (AvgIpc) is 2.85. The van der Waals surface area contributed by atoms with Crippen LogP contribution in [0.4, 0.5) is 4.39 Å². The van der Waals surface area contributed by atoms with Gasteiger partial charge in [0.2, 0.25) is 5.88 Å². The van der Waals surface area contributed by atoms with E-state index in [1.165, 1.54) is 12.1 Å². The van der Waals surface area contributed by atoms with Crippen LogP contribution < -0.4 is 4.74 Å². The van der Waals surface area contributed by atoms with Gasteiger partial charge in [-0.15, -0.1) is 0 Å². The number of aromatic nitrogens is 2. The molecule has 4 nitrogen and oxygen atoms in total. The van der Waals surface area contributed by atoms with Crippen molar-refractivity contribution in [2.24, 2.45) is 5.92 Å². The number of ether oxygens (including phenoxy) is 1. The Kier molecular flexibility index (Phi) is 4.94. The molecule has 0 radical (unpaired) electrons. The summed E-state index contributed by atoms with van der Waals surface area (Å²) in [5.74, 6) is 0.627. The molecule has 0 aliphatic heterocycles. The molecule has 0 aliphatic carbocycles. The minimum atomic E-state index is -0.280. The number of nitriles is 1. The van der Waals surface area contributed by atoms with E-state index in [-0.39, 0.29) is 12.4 Å². The molecule has 0 fully saturated rings. The van der Waals surface area contributed by atoms with Crippen LogP contribution in [0.1, 0.15) is 36.4 Å². The van der Waals surface area contributed by atoms with Crippen LogP contribution in [0.15, 0.2) is 30.3 Å². The Labute approximate surface area is 152 Å². The molecule has 0 atom stereocenters.